The van der Waals surface area contributed by atoms with Gasteiger partial charge in [0.1, 0.15) is 16.3 Å². The van der Waals surface area contributed by atoms with Gasteiger partial charge in [0, 0.05) is 5.69 Å². The Morgan fingerprint density at radius 2 is 1.84 bits per heavy atom. The van der Waals surface area contributed by atoms with Gasteiger partial charge < -0.3 is 10.1 Å². The minimum atomic E-state index is -0.456. The zero-order valence-corrected chi connectivity index (χ0v) is 19.2. The number of hydrogen-bond donors (Lipinski definition) is 1. The molecular weight excluding hydrogens is 414 g/mol. The molecule has 1 aromatic carbocycles. The molecular formula is C23H27N3O4S. The lowest BCUT2D eigenvalue weighted by molar-refractivity contribution is -0.116. The Bertz CT molecular complexity index is 1160. The molecule has 0 bridgehead atoms. The summed E-state index contributed by atoms with van der Waals surface area (Å²) in [5.74, 6) is -0.163. The van der Waals surface area contributed by atoms with Gasteiger partial charge in [-0.05, 0) is 42.0 Å². The number of benzene rings is 1. The molecule has 3 rings (SSSR count). The molecule has 0 fully saturated rings. The van der Waals surface area contributed by atoms with Crippen molar-refractivity contribution < 1.29 is 14.3 Å². The number of ether oxygens (including phenoxy) is 1. The van der Waals surface area contributed by atoms with E-state index in [2.05, 4.69) is 24.1 Å². The number of carbonyl (C=O) groups excluding carboxylic acids is 2. The number of anilines is 1. The van der Waals surface area contributed by atoms with Gasteiger partial charge in [0.25, 0.3) is 5.56 Å². The van der Waals surface area contributed by atoms with E-state index in [0.717, 1.165) is 11.3 Å². The minimum Gasteiger partial charge on any atom is -0.461 e. The van der Waals surface area contributed by atoms with Gasteiger partial charge in [0.2, 0.25) is 5.91 Å². The Kier molecular flexibility index (Phi) is 6.90. The Labute approximate surface area is 185 Å². The van der Waals surface area contributed by atoms with Gasteiger partial charge in [0.15, 0.2) is 0 Å². The summed E-state index contributed by atoms with van der Waals surface area (Å²) in [7, 11) is 0. The zero-order valence-electron chi connectivity index (χ0n) is 18.4. The van der Waals surface area contributed by atoms with Gasteiger partial charge in [-0.3, -0.25) is 14.2 Å². The lowest BCUT2D eigenvalue weighted by Crippen LogP contribution is -2.27. The molecule has 31 heavy (non-hydrogen) atoms. The van der Waals surface area contributed by atoms with Gasteiger partial charge in [0.05, 0.1) is 18.3 Å². The molecule has 0 atom stereocenters. The molecule has 0 saturated carbocycles. The molecule has 0 aliphatic heterocycles. The maximum atomic E-state index is 13.0. The van der Waals surface area contributed by atoms with Crippen LogP contribution in [-0.2, 0) is 16.1 Å². The molecule has 1 amide bonds. The largest absolute Gasteiger partial charge is 0.461 e. The molecule has 2 heterocycles. The summed E-state index contributed by atoms with van der Waals surface area (Å²) in [6.45, 7) is 9.95. The van der Waals surface area contributed by atoms with E-state index < -0.39 is 5.97 Å². The lowest BCUT2D eigenvalue weighted by atomic mass is 10.0. The molecule has 1 N–H and O–H groups in total. The van der Waals surface area contributed by atoms with E-state index in [1.807, 2.05) is 38.1 Å². The maximum Gasteiger partial charge on any atom is 0.348 e. The number of nitrogens with zero attached hydrogens (tertiary/aromatic N) is 2. The summed E-state index contributed by atoms with van der Waals surface area (Å²) in [4.78, 5) is 42.9. The second-order valence-electron chi connectivity index (χ2n) is 8.23. The van der Waals surface area contributed by atoms with Crippen LogP contribution in [0.15, 0.2) is 35.4 Å². The fourth-order valence-electron chi connectivity index (χ4n) is 3.08. The van der Waals surface area contributed by atoms with Gasteiger partial charge >= 0.3 is 5.97 Å². The third kappa shape index (κ3) is 5.19. The smallest absolute Gasteiger partial charge is 0.348 e. The van der Waals surface area contributed by atoms with E-state index in [9.17, 15) is 14.4 Å². The van der Waals surface area contributed by atoms with Crippen molar-refractivity contribution in [1.82, 2.24) is 9.55 Å². The van der Waals surface area contributed by atoms with Crippen molar-refractivity contribution >= 4 is 39.1 Å². The Balaban J connectivity index is 1.79. The summed E-state index contributed by atoms with van der Waals surface area (Å²) in [5.41, 5.74) is 2.02. The highest BCUT2D eigenvalue weighted by Gasteiger charge is 2.21. The summed E-state index contributed by atoms with van der Waals surface area (Å²) >= 11 is 1.13. The first-order valence-corrected chi connectivity index (χ1v) is 11.0. The van der Waals surface area contributed by atoms with Crippen molar-refractivity contribution in [2.45, 2.75) is 47.1 Å². The molecule has 7 nitrogen and oxygen atoms in total. The predicted octanol–water partition coefficient (Wildman–Crippen LogP) is 4.34. The highest BCUT2D eigenvalue weighted by Crippen LogP contribution is 2.27. The number of aromatic nitrogens is 2. The van der Waals surface area contributed by atoms with E-state index in [4.69, 9.17) is 4.74 Å². The first kappa shape index (κ1) is 22.7. The summed E-state index contributed by atoms with van der Waals surface area (Å²) < 4.78 is 6.55. The standard InChI is InChI=1S/C23H27N3O4S/c1-13(2)11-30-23(29)20-15(5)19-21(31-20)24-12-26(22(19)28)10-18(27)25-17-8-6-16(7-9-17)14(3)4/h6-9,12-14H,10-11H2,1-5H3,(H,25,27). The number of aryl methyl sites for hydroxylation is 1. The lowest BCUT2D eigenvalue weighted by Gasteiger charge is -2.09. The van der Waals surface area contributed by atoms with Crippen molar-refractivity contribution in [3.63, 3.8) is 0 Å². The second kappa shape index (κ2) is 9.43. The molecule has 8 heteroatoms. The van der Waals surface area contributed by atoms with E-state index >= 15 is 0 Å². The topological polar surface area (TPSA) is 90.3 Å². The SMILES string of the molecule is Cc1c(C(=O)OCC(C)C)sc2ncn(CC(=O)Nc3ccc(C(C)C)cc3)c(=O)c12. The summed E-state index contributed by atoms with van der Waals surface area (Å²) in [6.07, 6.45) is 1.34. The third-order valence-electron chi connectivity index (χ3n) is 4.83. The molecule has 3 aromatic rings. The van der Waals surface area contributed by atoms with E-state index in [-0.39, 0.29) is 23.9 Å². The predicted molar refractivity (Wildman–Crippen MR) is 123 cm³/mol. The van der Waals surface area contributed by atoms with Gasteiger partial charge in [-0.2, -0.15) is 0 Å². The van der Waals surface area contributed by atoms with Gasteiger partial charge in [-0.1, -0.05) is 39.8 Å². The van der Waals surface area contributed by atoms with Crippen LogP contribution in [0.4, 0.5) is 5.69 Å². The number of hydrogen-bond acceptors (Lipinski definition) is 6. The fraction of sp³-hybridized carbons (Fsp3) is 0.391. The first-order valence-electron chi connectivity index (χ1n) is 10.2. The molecule has 0 radical (unpaired) electrons. The van der Waals surface area contributed by atoms with Gasteiger partial charge in [-0.15, -0.1) is 11.3 Å². The highest BCUT2D eigenvalue weighted by molar-refractivity contribution is 7.20. The number of fused-ring (bicyclic) bond motifs is 1. The van der Waals surface area contributed by atoms with Crippen LogP contribution in [-0.4, -0.2) is 28.0 Å². The molecule has 0 spiro atoms. The molecule has 0 aliphatic carbocycles. The maximum absolute atomic E-state index is 13.0. The fourth-order valence-corrected chi connectivity index (χ4v) is 4.11. The molecule has 164 valence electrons. The number of thiophene rings is 1. The Hall–Kier alpha value is -3.00. The number of nitrogens with one attached hydrogen (secondary N) is 1. The first-order chi connectivity index (χ1) is 14.7. The quantitative estimate of drug-likeness (QED) is 0.551. The highest BCUT2D eigenvalue weighted by atomic mass is 32.1. The van der Waals surface area contributed by atoms with E-state index in [1.165, 1.54) is 16.5 Å². The number of rotatable bonds is 7. The third-order valence-corrected chi connectivity index (χ3v) is 6.01. The van der Waals surface area contributed by atoms with Crippen LogP contribution in [0.25, 0.3) is 10.2 Å². The van der Waals surface area contributed by atoms with Crippen LogP contribution in [0.5, 0.6) is 0 Å². The Morgan fingerprint density at radius 1 is 1.16 bits per heavy atom. The van der Waals surface area contributed by atoms with Crippen LogP contribution < -0.4 is 10.9 Å². The summed E-state index contributed by atoms with van der Waals surface area (Å²) in [5, 5.41) is 3.14. The van der Waals surface area contributed by atoms with Crippen LogP contribution >= 0.6 is 11.3 Å². The van der Waals surface area contributed by atoms with E-state index in [1.54, 1.807) is 6.92 Å². The molecule has 0 unspecified atom stereocenters. The Morgan fingerprint density at radius 3 is 2.45 bits per heavy atom. The molecule has 0 aliphatic rings. The van der Waals surface area contributed by atoms with Crippen molar-refractivity contribution in [2.75, 3.05) is 11.9 Å². The van der Waals surface area contributed by atoms with Gasteiger partial charge in [-0.25, -0.2) is 9.78 Å². The number of esters is 1. The number of amides is 1. The van der Waals surface area contributed by atoms with Crippen molar-refractivity contribution in [3.8, 4) is 0 Å². The van der Waals surface area contributed by atoms with Crippen molar-refractivity contribution in [1.29, 1.82) is 0 Å². The normalized spacial score (nSPS) is 11.3. The van der Waals surface area contributed by atoms with Crippen LogP contribution in [0.2, 0.25) is 0 Å². The number of carbonyl (C=O) groups is 2. The average Bonchev–Trinajstić information content (AvgIpc) is 3.06. The average molecular weight is 442 g/mol. The minimum absolute atomic E-state index is 0.171. The zero-order chi connectivity index (χ0) is 22.7. The van der Waals surface area contributed by atoms with E-state index in [0.29, 0.717) is 38.9 Å². The van der Waals surface area contributed by atoms with Crippen molar-refractivity contribution in [3.05, 3.63) is 57.0 Å². The second-order valence-corrected chi connectivity index (χ2v) is 9.23. The van der Waals surface area contributed by atoms with Crippen molar-refractivity contribution in [2.24, 2.45) is 5.92 Å². The monoisotopic (exact) mass is 441 g/mol. The molecule has 2 aromatic heterocycles. The van der Waals surface area contributed by atoms with Crippen LogP contribution in [0, 0.1) is 12.8 Å². The summed E-state index contributed by atoms with van der Waals surface area (Å²) in [6, 6.07) is 7.62. The van der Waals surface area contributed by atoms with Crippen LogP contribution in [0.3, 0.4) is 0 Å². The molecule has 0 saturated heterocycles. The van der Waals surface area contributed by atoms with Crippen LogP contribution in [0.1, 0.15) is 54.4 Å².